The summed E-state index contributed by atoms with van der Waals surface area (Å²) in [6, 6.07) is 9.54. The molecule has 1 fully saturated rings. The van der Waals surface area contributed by atoms with Crippen molar-refractivity contribution in [1.29, 1.82) is 0 Å². The predicted molar refractivity (Wildman–Crippen MR) is 90.0 cm³/mol. The van der Waals surface area contributed by atoms with E-state index in [1.807, 2.05) is 0 Å². The molecule has 1 N–H and O–H groups in total. The third kappa shape index (κ3) is 4.45. The number of nitrogens with one attached hydrogen (secondary N) is 1. The van der Waals surface area contributed by atoms with Crippen LogP contribution in [0.4, 0.5) is 5.69 Å². The Morgan fingerprint density at radius 2 is 1.76 bits per heavy atom. The van der Waals surface area contributed by atoms with Gasteiger partial charge in [-0.2, -0.15) is 0 Å². The molecule has 0 amide bonds. The van der Waals surface area contributed by atoms with E-state index in [0.29, 0.717) is 18.2 Å². The maximum Gasteiger partial charge on any atom is 0.0726 e. The highest BCUT2D eigenvalue weighted by molar-refractivity contribution is 5.48. The molecule has 1 aromatic rings. The lowest BCUT2D eigenvalue weighted by Gasteiger charge is -2.37. The number of benzene rings is 1. The van der Waals surface area contributed by atoms with E-state index in [-0.39, 0.29) is 0 Å². The maximum absolute atomic E-state index is 5.81. The van der Waals surface area contributed by atoms with Gasteiger partial charge in [-0.25, -0.2) is 0 Å². The molecule has 3 heteroatoms. The highest BCUT2D eigenvalue weighted by Crippen LogP contribution is 2.24. The van der Waals surface area contributed by atoms with Crippen LogP contribution in [-0.4, -0.2) is 31.8 Å². The van der Waals surface area contributed by atoms with E-state index in [1.54, 1.807) is 0 Å². The minimum absolute atomic E-state index is 0.308. The molecule has 3 atom stereocenters. The number of rotatable bonds is 6. The summed E-state index contributed by atoms with van der Waals surface area (Å²) >= 11 is 0. The lowest BCUT2D eigenvalue weighted by Crippen LogP contribution is -2.45. The number of hydrogen-bond acceptors (Lipinski definition) is 3. The molecule has 3 nitrogen and oxygen atoms in total. The molecule has 0 aromatic heterocycles. The van der Waals surface area contributed by atoms with Crippen molar-refractivity contribution in [3.8, 4) is 0 Å². The van der Waals surface area contributed by atoms with E-state index >= 15 is 0 Å². The Balaban J connectivity index is 2.03. The van der Waals surface area contributed by atoms with Gasteiger partial charge in [0.15, 0.2) is 0 Å². The minimum atomic E-state index is 0.308. The molecule has 0 radical (unpaired) electrons. The largest absolute Gasteiger partial charge is 0.372 e. The van der Waals surface area contributed by atoms with Gasteiger partial charge in [0.25, 0.3) is 0 Å². The molecule has 1 heterocycles. The Kier molecular flexibility index (Phi) is 6.07. The van der Waals surface area contributed by atoms with Crippen LogP contribution >= 0.6 is 0 Å². The molecule has 0 saturated carbocycles. The van der Waals surface area contributed by atoms with Crippen molar-refractivity contribution in [2.24, 2.45) is 0 Å². The summed E-state index contributed by atoms with van der Waals surface area (Å²) < 4.78 is 5.81. The summed E-state index contributed by atoms with van der Waals surface area (Å²) in [4.78, 5) is 2.43. The summed E-state index contributed by atoms with van der Waals surface area (Å²) in [7, 11) is 0. The molecular formula is C18H30N2O. The molecular weight excluding hydrogens is 260 g/mol. The molecule has 1 aromatic carbocycles. The number of ether oxygens (including phenoxy) is 1. The van der Waals surface area contributed by atoms with Gasteiger partial charge in [-0.3, -0.25) is 0 Å². The molecule has 1 aliphatic heterocycles. The van der Waals surface area contributed by atoms with Crippen molar-refractivity contribution in [2.75, 3.05) is 24.5 Å². The highest BCUT2D eigenvalue weighted by Gasteiger charge is 2.22. The quantitative estimate of drug-likeness (QED) is 0.863. The Morgan fingerprint density at radius 1 is 1.14 bits per heavy atom. The summed E-state index contributed by atoms with van der Waals surface area (Å²) in [5, 5.41) is 3.61. The standard InChI is InChI=1S/C18H30N2O/c1-5-11-19-18(6-2)16-7-9-17(10-8-16)20-12-14(3)21-15(4)13-20/h7-10,14-15,18-19H,5-6,11-13H2,1-4H3/t14-,15+,18?. The number of hydrogen-bond donors (Lipinski definition) is 1. The first-order valence-electron chi connectivity index (χ1n) is 8.37. The van der Waals surface area contributed by atoms with Gasteiger partial charge >= 0.3 is 0 Å². The van der Waals surface area contributed by atoms with Crippen molar-refractivity contribution in [3.05, 3.63) is 29.8 Å². The first-order chi connectivity index (χ1) is 10.1. The van der Waals surface area contributed by atoms with Crippen LogP contribution in [0.2, 0.25) is 0 Å². The summed E-state index contributed by atoms with van der Waals surface area (Å²) in [6.45, 7) is 11.8. The Morgan fingerprint density at radius 3 is 2.29 bits per heavy atom. The molecule has 0 aliphatic carbocycles. The molecule has 1 saturated heterocycles. The zero-order chi connectivity index (χ0) is 15.2. The fourth-order valence-corrected chi connectivity index (χ4v) is 3.12. The van der Waals surface area contributed by atoms with Crippen LogP contribution in [0.5, 0.6) is 0 Å². The number of anilines is 1. The lowest BCUT2D eigenvalue weighted by atomic mass is 10.0. The van der Waals surface area contributed by atoms with E-state index in [0.717, 1.165) is 26.1 Å². The SMILES string of the molecule is CCCNC(CC)c1ccc(N2C[C@@H](C)O[C@@H](C)C2)cc1. The van der Waals surface area contributed by atoms with Crippen LogP contribution in [0.1, 0.15) is 52.1 Å². The second-order valence-corrected chi connectivity index (χ2v) is 6.17. The third-order valence-corrected chi connectivity index (χ3v) is 4.13. The van der Waals surface area contributed by atoms with Crippen molar-refractivity contribution >= 4 is 5.69 Å². The van der Waals surface area contributed by atoms with E-state index < -0.39 is 0 Å². The summed E-state index contributed by atoms with van der Waals surface area (Å²) in [6.07, 6.45) is 2.93. The third-order valence-electron chi connectivity index (χ3n) is 4.13. The van der Waals surface area contributed by atoms with E-state index in [2.05, 4.69) is 62.2 Å². The smallest absolute Gasteiger partial charge is 0.0726 e. The zero-order valence-electron chi connectivity index (χ0n) is 13.9. The van der Waals surface area contributed by atoms with Crippen molar-refractivity contribution in [1.82, 2.24) is 5.32 Å². The topological polar surface area (TPSA) is 24.5 Å². The van der Waals surface area contributed by atoms with Crippen LogP contribution in [0, 0.1) is 0 Å². The van der Waals surface area contributed by atoms with Gasteiger partial charge in [0.1, 0.15) is 0 Å². The van der Waals surface area contributed by atoms with Gasteiger partial charge in [0.05, 0.1) is 12.2 Å². The lowest BCUT2D eigenvalue weighted by molar-refractivity contribution is -0.00521. The molecule has 1 aliphatic rings. The molecule has 0 bridgehead atoms. The maximum atomic E-state index is 5.81. The number of nitrogens with zero attached hydrogens (tertiary/aromatic N) is 1. The second-order valence-electron chi connectivity index (χ2n) is 6.17. The highest BCUT2D eigenvalue weighted by atomic mass is 16.5. The van der Waals surface area contributed by atoms with Gasteiger partial charge < -0.3 is 15.0 Å². The van der Waals surface area contributed by atoms with Gasteiger partial charge in [0, 0.05) is 24.8 Å². The average molecular weight is 290 g/mol. The Hall–Kier alpha value is -1.06. The van der Waals surface area contributed by atoms with Crippen molar-refractivity contribution in [2.45, 2.75) is 58.8 Å². The fourth-order valence-electron chi connectivity index (χ4n) is 3.12. The zero-order valence-corrected chi connectivity index (χ0v) is 13.9. The van der Waals surface area contributed by atoms with E-state index in [1.165, 1.54) is 17.7 Å². The van der Waals surface area contributed by atoms with E-state index in [4.69, 9.17) is 4.74 Å². The van der Waals surface area contributed by atoms with E-state index in [9.17, 15) is 0 Å². The van der Waals surface area contributed by atoms with Gasteiger partial charge in [-0.05, 0) is 50.9 Å². The number of morpholine rings is 1. The molecule has 2 rings (SSSR count). The predicted octanol–water partition coefficient (Wildman–Crippen LogP) is 3.75. The van der Waals surface area contributed by atoms with Gasteiger partial charge in [-0.1, -0.05) is 26.0 Å². The molecule has 1 unspecified atom stereocenters. The van der Waals surface area contributed by atoms with Crippen LogP contribution in [0.3, 0.4) is 0 Å². The molecule has 0 spiro atoms. The first-order valence-corrected chi connectivity index (χ1v) is 8.37. The van der Waals surface area contributed by atoms with Crippen molar-refractivity contribution < 1.29 is 4.74 Å². The summed E-state index contributed by atoms with van der Waals surface area (Å²) in [5.74, 6) is 0. The monoisotopic (exact) mass is 290 g/mol. The van der Waals surface area contributed by atoms with Crippen LogP contribution < -0.4 is 10.2 Å². The first kappa shape index (κ1) is 16.3. The van der Waals surface area contributed by atoms with Gasteiger partial charge in [0.2, 0.25) is 0 Å². The summed E-state index contributed by atoms with van der Waals surface area (Å²) in [5.41, 5.74) is 2.70. The van der Waals surface area contributed by atoms with Gasteiger partial charge in [-0.15, -0.1) is 0 Å². The Bertz CT molecular complexity index is 408. The molecule has 21 heavy (non-hydrogen) atoms. The van der Waals surface area contributed by atoms with Crippen LogP contribution in [0.15, 0.2) is 24.3 Å². The minimum Gasteiger partial charge on any atom is -0.372 e. The van der Waals surface area contributed by atoms with Crippen LogP contribution in [-0.2, 0) is 4.74 Å². The average Bonchev–Trinajstić information content (AvgIpc) is 2.47. The second kappa shape index (κ2) is 7.81. The molecule has 118 valence electrons. The fraction of sp³-hybridized carbons (Fsp3) is 0.667. The normalized spacial score (nSPS) is 24.1. The van der Waals surface area contributed by atoms with Crippen molar-refractivity contribution in [3.63, 3.8) is 0 Å². The Labute approximate surface area is 129 Å². The van der Waals surface area contributed by atoms with Crippen LogP contribution in [0.25, 0.3) is 0 Å².